The lowest BCUT2D eigenvalue weighted by Crippen LogP contribution is -2.47. The van der Waals surface area contributed by atoms with Gasteiger partial charge in [-0.1, -0.05) is 11.6 Å². The van der Waals surface area contributed by atoms with Crippen LogP contribution in [0.5, 0.6) is 0 Å². The maximum Gasteiger partial charge on any atom is 0.233 e. The average Bonchev–Trinajstić information content (AvgIpc) is 2.43. The van der Waals surface area contributed by atoms with Crippen LogP contribution in [0.3, 0.4) is 0 Å². The second-order valence-corrected chi connectivity index (χ2v) is 5.17. The maximum atomic E-state index is 12.5. The molecule has 1 fully saturated rings. The van der Waals surface area contributed by atoms with E-state index in [1.807, 2.05) is 0 Å². The van der Waals surface area contributed by atoms with Crippen molar-refractivity contribution in [3.8, 4) is 0 Å². The van der Waals surface area contributed by atoms with E-state index >= 15 is 0 Å². The van der Waals surface area contributed by atoms with Gasteiger partial charge in [0.05, 0.1) is 23.9 Å². The fraction of sp³-hybridized carbons (Fsp3) is 0.538. The lowest BCUT2D eigenvalue weighted by Gasteiger charge is -2.35. The van der Waals surface area contributed by atoms with Gasteiger partial charge in [0.25, 0.3) is 0 Å². The molecular formula is C13H18ClN3O2. The number of ether oxygens (including phenoxy) is 1. The summed E-state index contributed by atoms with van der Waals surface area (Å²) in [4.78, 5) is 16.4. The molecule has 1 saturated heterocycles. The quantitative estimate of drug-likeness (QED) is 0.826. The normalized spacial score (nSPS) is 18.0. The summed E-state index contributed by atoms with van der Waals surface area (Å²) in [5, 5.41) is 6.56. The Morgan fingerprint density at radius 3 is 2.84 bits per heavy atom. The van der Waals surface area contributed by atoms with E-state index in [4.69, 9.17) is 16.3 Å². The van der Waals surface area contributed by atoms with Crippen molar-refractivity contribution in [3.63, 3.8) is 0 Å². The molecule has 0 atom stereocenters. The summed E-state index contributed by atoms with van der Waals surface area (Å²) in [6.45, 7) is 2.09. The van der Waals surface area contributed by atoms with Gasteiger partial charge in [-0.25, -0.2) is 4.98 Å². The molecule has 1 aliphatic rings. The number of methoxy groups -OCH3 is 1. The number of rotatable bonds is 4. The van der Waals surface area contributed by atoms with E-state index in [0.717, 1.165) is 25.9 Å². The van der Waals surface area contributed by atoms with Crippen LogP contribution < -0.4 is 10.6 Å². The number of piperidine rings is 1. The van der Waals surface area contributed by atoms with Gasteiger partial charge in [0.1, 0.15) is 5.15 Å². The van der Waals surface area contributed by atoms with E-state index in [-0.39, 0.29) is 5.91 Å². The zero-order valence-electron chi connectivity index (χ0n) is 10.9. The number of aromatic nitrogens is 1. The van der Waals surface area contributed by atoms with Gasteiger partial charge in [-0.2, -0.15) is 0 Å². The molecule has 0 bridgehead atoms. The Hall–Kier alpha value is -1.17. The van der Waals surface area contributed by atoms with Crippen LogP contribution in [0, 0.1) is 5.41 Å². The van der Waals surface area contributed by atoms with Gasteiger partial charge in [-0.15, -0.1) is 0 Å². The minimum Gasteiger partial charge on any atom is -0.384 e. The lowest BCUT2D eigenvalue weighted by molar-refractivity contribution is -0.130. The minimum absolute atomic E-state index is 0.0139. The molecule has 0 saturated carbocycles. The highest BCUT2D eigenvalue weighted by molar-refractivity contribution is 6.29. The zero-order chi connectivity index (χ0) is 13.7. The standard InChI is InChI=1S/C13H18ClN3O2/c1-19-9-13(4-6-15-7-5-13)12(18)17-10-2-3-11(14)16-8-10/h2-3,8,15H,4-7,9H2,1H3,(H,17,18). The van der Waals surface area contributed by atoms with E-state index in [1.54, 1.807) is 25.4 Å². The summed E-state index contributed by atoms with van der Waals surface area (Å²) in [5.41, 5.74) is 0.197. The van der Waals surface area contributed by atoms with E-state index in [2.05, 4.69) is 15.6 Å². The van der Waals surface area contributed by atoms with Crippen LogP contribution in [-0.4, -0.2) is 37.7 Å². The first-order valence-corrected chi connectivity index (χ1v) is 6.67. The number of nitrogens with zero attached hydrogens (tertiary/aromatic N) is 1. The number of amides is 1. The summed E-state index contributed by atoms with van der Waals surface area (Å²) in [5.74, 6) is -0.0139. The van der Waals surface area contributed by atoms with Crippen molar-refractivity contribution in [1.82, 2.24) is 10.3 Å². The molecule has 6 heteroatoms. The maximum absolute atomic E-state index is 12.5. The Morgan fingerprint density at radius 1 is 1.53 bits per heavy atom. The molecule has 19 heavy (non-hydrogen) atoms. The van der Waals surface area contributed by atoms with Gasteiger partial charge in [0.2, 0.25) is 5.91 Å². The molecule has 1 aromatic rings. The smallest absolute Gasteiger partial charge is 0.233 e. The summed E-state index contributed by atoms with van der Waals surface area (Å²) < 4.78 is 5.24. The van der Waals surface area contributed by atoms with Crippen LogP contribution in [-0.2, 0) is 9.53 Å². The van der Waals surface area contributed by atoms with E-state index in [9.17, 15) is 4.79 Å². The van der Waals surface area contributed by atoms with Crippen LogP contribution in [0.4, 0.5) is 5.69 Å². The van der Waals surface area contributed by atoms with E-state index in [1.165, 1.54) is 0 Å². The molecule has 2 rings (SSSR count). The number of carbonyl (C=O) groups is 1. The first kappa shape index (κ1) is 14.2. The molecule has 0 spiro atoms. The number of carbonyl (C=O) groups excluding carboxylic acids is 1. The summed E-state index contributed by atoms with van der Waals surface area (Å²) in [6, 6.07) is 3.40. The van der Waals surface area contributed by atoms with Gasteiger partial charge in [0.15, 0.2) is 0 Å². The summed E-state index contributed by atoms with van der Waals surface area (Å²) in [7, 11) is 1.63. The molecule has 5 nitrogen and oxygen atoms in total. The first-order chi connectivity index (χ1) is 9.16. The van der Waals surface area contributed by atoms with Crippen LogP contribution in [0.1, 0.15) is 12.8 Å². The minimum atomic E-state index is -0.459. The third-order valence-electron chi connectivity index (χ3n) is 3.45. The highest BCUT2D eigenvalue weighted by Gasteiger charge is 2.39. The third kappa shape index (κ3) is 3.43. The number of hydrogen-bond donors (Lipinski definition) is 2. The molecular weight excluding hydrogens is 266 g/mol. The number of halogens is 1. The van der Waals surface area contributed by atoms with Gasteiger partial charge < -0.3 is 15.4 Å². The highest BCUT2D eigenvalue weighted by atomic mass is 35.5. The molecule has 0 aromatic carbocycles. The van der Waals surface area contributed by atoms with Gasteiger partial charge in [-0.05, 0) is 38.1 Å². The molecule has 104 valence electrons. The fourth-order valence-electron chi connectivity index (χ4n) is 2.33. The molecule has 2 N–H and O–H groups in total. The Labute approximate surface area is 117 Å². The van der Waals surface area contributed by atoms with Crippen molar-refractivity contribution >= 4 is 23.2 Å². The van der Waals surface area contributed by atoms with Crippen LogP contribution in [0.25, 0.3) is 0 Å². The molecule has 0 aliphatic carbocycles. The Kier molecular flexibility index (Phi) is 4.74. The van der Waals surface area contributed by atoms with Crippen molar-refractivity contribution in [3.05, 3.63) is 23.5 Å². The average molecular weight is 284 g/mol. The Balaban J connectivity index is 2.09. The second-order valence-electron chi connectivity index (χ2n) is 4.79. The largest absolute Gasteiger partial charge is 0.384 e. The van der Waals surface area contributed by atoms with E-state index in [0.29, 0.717) is 17.4 Å². The molecule has 1 aliphatic heterocycles. The lowest BCUT2D eigenvalue weighted by atomic mass is 9.78. The van der Waals surface area contributed by atoms with Crippen molar-refractivity contribution < 1.29 is 9.53 Å². The Bertz CT molecular complexity index is 425. The third-order valence-corrected chi connectivity index (χ3v) is 3.67. The fourth-order valence-corrected chi connectivity index (χ4v) is 2.44. The predicted molar refractivity (Wildman–Crippen MR) is 74.3 cm³/mol. The monoisotopic (exact) mass is 283 g/mol. The number of pyridine rings is 1. The molecule has 0 radical (unpaired) electrons. The molecule has 1 amide bonds. The molecule has 2 heterocycles. The zero-order valence-corrected chi connectivity index (χ0v) is 11.7. The van der Waals surface area contributed by atoms with Crippen molar-refractivity contribution in [1.29, 1.82) is 0 Å². The van der Waals surface area contributed by atoms with Crippen LogP contribution >= 0.6 is 11.6 Å². The topological polar surface area (TPSA) is 63.2 Å². The van der Waals surface area contributed by atoms with Crippen LogP contribution in [0.2, 0.25) is 5.15 Å². The number of hydrogen-bond acceptors (Lipinski definition) is 4. The second kappa shape index (κ2) is 6.32. The highest BCUT2D eigenvalue weighted by Crippen LogP contribution is 2.30. The molecule has 1 aromatic heterocycles. The van der Waals surface area contributed by atoms with Gasteiger partial charge >= 0.3 is 0 Å². The summed E-state index contributed by atoms with van der Waals surface area (Å²) >= 11 is 5.72. The predicted octanol–water partition coefficient (Wildman–Crippen LogP) is 1.69. The number of anilines is 1. The Morgan fingerprint density at radius 2 is 2.26 bits per heavy atom. The SMILES string of the molecule is COCC1(C(=O)Nc2ccc(Cl)nc2)CCNCC1. The van der Waals surface area contributed by atoms with Gasteiger partial charge in [-0.3, -0.25) is 4.79 Å². The van der Waals surface area contributed by atoms with Crippen LogP contribution in [0.15, 0.2) is 18.3 Å². The first-order valence-electron chi connectivity index (χ1n) is 6.29. The summed E-state index contributed by atoms with van der Waals surface area (Å²) in [6.07, 6.45) is 3.10. The van der Waals surface area contributed by atoms with Crippen molar-refractivity contribution in [2.45, 2.75) is 12.8 Å². The van der Waals surface area contributed by atoms with Gasteiger partial charge in [0, 0.05) is 7.11 Å². The van der Waals surface area contributed by atoms with E-state index < -0.39 is 5.41 Å². The number of nitrogens with one attached hydrogen (secondary N) is 2. The van der Waals surface area contributed by atoms with Crippen molar-refractivity contribution in [2.24, 2.45) is 5.41 Å². The van der Waals surface area contributed by atoms with Crippen molar-refractivity contribution in [2.75, 3.05) is 32.1 Å². The molecule has 0 unspecified atom stereocenters.